The number of nitrogens with zero attached hydrogens (tertiary/aromatic N) is 4. The molecule has 0 unspecified atom stereocenters. The average Bonchev–Trinajstić information content (AvgIpc) is 3.77. The van der Waals surface area contributed by atoms with Crippen molar-refractivity contribution in [3.63, 3.8) is 0 Å². The fourth-order valence-corrected chi connectivity index (χ4v) is 7.88. The molecule has 0 saturated carbocycles. The van der Waals surface area contributed by atoms with E-state index in [2.05, 4.69) is 15.6 Å². The Bertz CT molecular complexity index is 3270. The Morgan fingerprint density at radius 1 is 0.662 bits per heavy atom. The van der Waals surface area contributed by atoms with Gasteiger partial charge in [-0.15, -0.1) is 0 Å². The number of hydrogen-bond donors (Lipinski definition) is 2. The van der Waals surface area contributed by atoms with Crippen LogP contribution >= 0.6 is 0 Å². The number of rotatable bonds is 7. The number of pyridine rings is 2. The fraction of sp³-hybridized carbons (Fsp3) is 0.245. The molecule has 336 valence electrons. The first-order chi connectivity index (χ1) is 30.7. The third-order valence-electron chi connectivity index (χ3n) is 10.8. The van der Waals surface area contributed by atoms with Crippen LogP contribution in [0.15, 0.2) is 91.4 Å². The normalized spacial score (nSPS) is 11.5. The van der Waals surface area contributed by atoms with E-state index in [9.17, 15) is 27.6 Å². The van der Waals surface area contributed by atoms with Gasteiger partial charge in [-0.1, -0.05) is 36.3 Å². The summed E-state index contributed by atoms with van der Waals surface area (Å²) in [6.07, 6.45) is -0.00997. The van der Waals surface area contributed by atoms with E-state index in [4.69, 9.17) is 19.5 Å². The van der Waals surface area contributed by atoms with Gasteiger partial charge in [-0.3, -0.25) is 14.9 Å². The maximum absolute atomic E-state index is 15.3. The topological polar surface area (TPSA) is 160 Å². The van der Waals surface area contributed by atoms with Gasteiger partial charge in [-0.05, 0) is 109 Å². The molecule has 4 aromatic carbocycles. The lowest BCUT2D eigenvalue weighted by atomic mass is 10.0. The van der Waals surface area contributed by atoms with Crippen LogP contribution in [0, 0.1) is 51.0 Å². The second-order valence-electron chi connectivity index (χ2n) is 16.5. The van der Waals surface area contributed by atoms with Crippen molar-refractivity contribution in [2.45, 2.75) is 80.8 Å². The summed E-state index contributed by atoms with van der Waals surface area (Å²) in [5, 5.41) is 11.1. The van der Waals surface area contributed by atoms with Crippen LogP contribution < -0.4 is 21.9 Å². The summed E-state index contributed by atoms with van der Waals surface area (Å²) in [6, 6.07) is 17.3. The van der Waals surface area contributed by atoms with Gasteiger partial charge in [0.25, 0.3) is 0 Å². The number of nitrogens with two attached hydrogens (primary N) is 1. The molecule has 3 N–H and O–H groups in total. The largest absolute Gasteiger partial charge is 0.444 e. The second-order valence-corrected chi connectivity index (χ2v) is 16.5. The number of halogens is 4. The van der Waals surface area contributed by atoms with Crippen LogP contribution in [-0.2, 0) is 17.6 Å². The molecule has 12 nitrogen and oxygen atoms in total. The molecule has 0 aliphatic heterocycles. The Labute approximate surface area is 370 Å². The lowest BCUT2D eigenvalue weighted by molar-refractivity contribution is 0.0635. The molecule has 65 heavy (non-hydrogen) atoms. The molecule has 0 fully saturated rings. The number of anilines is 2. The van der Waals surface area contributed by atoms with Crippen LogP contribution in [0.4, 0.5) is 33.7 Å². The number of aromatic nitrogens is 4. The Morgan fingerprint density at radius 3 is 1.52 bits per heavy atom. The average molecular weight is 891 g/mol. The van der Waals surface area contributed by atoms with Gasteiger partial charge in [-0.25, -0.2) is 22.4 Å². The molecular weight excluding hydrogens is 845 g/mol. The molecule has 16 heteroatoms. The molecule has 0 radical (unpaired) electrons. The number of hydrogen-bond acceptors (Lipinski definition) is 9. The van der Waals surface area contributed by atoms with Gasteiger partial charge >= 0.3 is 6.09 Å². The Hall–Kier alpha value is -7.49. The van der Waals surface area contributed by atoms with Crippen molar-refractivity contribution >= 4 is 39.3 Å². The summed E-state index contributed by atoms with van der Waals surface area (Å²) < 4.78 is 77.3. The fourth-order valence-electron chi connectivity index (χ4n) is 7.88. The quantitative estimate of drug-likeness (QED) is 0.117. The first-order valence-corrected chi connectivity index (χ1v) is 20.7. The van der Waals surface area contributed by atoms with Crippen LogP contribution in [0.3, 0.4) is 0 Å². The molecule has 4 aromatic heterocycles. The van der Waals surface area contributed by atoms with Crippen LogP contribution in [0.2, 0.25) is 0 Å². The summed E-state index contributed by atoms with van der Waals surface area (Å²) in [5.74, 6) is -2.17. The zero-order chi connectivity index (χ0) is 47.2. The number of fused-ring (bicyclic) bond motifs is 2. The van der Waals surface area contributed by atoms with Crippen LogP contribution in [0.5, 0.6) is 0 Å². The molecule has 0 aliphatic rings. The third kappa shape index (κ3) is 8.88. The Kier molecular flexibility index (Phi) is 12.3. The van der Waals surface area contributed by atoms with Crippen molar-refractivity contribution in [1.82, 2.24) is 19.4 Å². The molecule has 4 heterocycles. The first kappa shape index (κ1) is 45.5. The minimum absolute atomic E-state index is 0.0276. The highest BCUT2D eigenvalue weighted by molar-refractivity contribution is 5.89. The van der Waals surface area contributed by atoms with Crippen LogP contribution in [0.25, 0.3) is 55.4 Å². The molecule has 0 aliphatic carbocycles. The molecule has 8 aromatic rings. The molecule has 8 rings (SSSR count). The zero-order valence-corrected chi connectivity index (χ0v) is 37.2. The van der Waals surface area contributed by atoms with E-state index in [1.165, 1.54) is 24.3 Å². The van der Waals surface area contributed by atoms with Crippen molar-refractivity contribution < 1.29 is 36.1 Å². The molecule has 0 saturated heterocycles. The van der Waals surface area contributed by atoms with E-state index >= 15 is 4.39 Å². The lowest BCUT2D eigenvalue weighted by Crippen LogP contribution is -2.27. The maximum Gasteiger partial charge on any atom is 0.412 e. The third-order valence-corrected chi connectivity index (χ3v) is 10.8. The number of carbonyl (C=O) groups excluding carboxylic acids is 1. The number of nitrogens with one attached hydrogen (secondary N) is 1. The summed E-state index contributed by atoms with van der Waals surface area (Å²) in [6.45, 7) is 15.9. The van der Waals surface area contributed by atoms with Crippen molar-refractivity contribution in [3.8, 4) is 33.6 Å². The second kappa shape index (κ2) is 17.6. The van der Waals surface area contributed by atoms with E-state index in [0.29, 0.717) is 75.0 Å². The van der Waals surface area contributed by atoms with Crippen LogP contribution in [-0.4, -0.2) is 31.1 Å². The van der Waals surface area contributed by atoms with Gasteiger partial charge in [-0.2, -0.15) is 0 Å². The standard InChI is InChI=1S/C27H27F2N3O4.C22H19F2N3O2/c1-7-17-11-24(33)18-9-8-16(25-14(2)31-36-15(25)3)10-22(18)32(17)23-13-21(19(28)12-20(23)29)30-26(34)35-27(4,5)6;1-4-14-8-21(28)15-6-5-13(22-11(2)26-29-12(22)3)7-19(15)27(14)20-10-18(25)16(23)9-17(20)24/h8-13H,7H2,1-6H3,(H,30,34);5-10H,4,25H2,1-3H3. The Balaban J connectivity index is 0.000000198. The Morgan fingerprint density at radius 2 is 1.11 bits per heavy atom. The highest BCUT2D eigenvalue weighted by atomic mass is 19.1. The first-order valence-electron chi connectivity index (χ1n) is 20.7. The minimum atomic E-state index is -0.957. The molecular formula is C49H46F4N6O6. The van der Waals surface area contributed by atoms with E-state index in [0.717, 1.165) is 28.3 Å². The number of amides is 1. The van der Waals surface area contributed by atoms with E-state index in [1.54, 1.807) is 81.0 Å². The smallest absolute Gasteiger partial charge is 0.412 e. The molecule has 1 amide bonds. The number of nitrogen functional groups attached to an aromatic ring is 1. The predicted molar refractivity (Wildman–Crippen MR) is 242 cm³/mol. The monoisotopic (exact) mass is 890 g/mol. The summed E-state index contributed by atoms with van der Waals surface area (Å²) in [4.78, 5) is 37.8. The van der Waals surface area contributed by atoms with Gasteiger partial charge in [0.15, 0.2) is 10.9 Å². The van der Waals surface area contributed by atoms with Gasteiger partial charge < -0.3 is 28.7 Å². The molecule has 0 spiro atoms. The number of ether oxygens (including phenoxy) is 1. The molecule has 0 bridgehead atoms. The highest BCUT2D eigenvalue weighted by Crippen LogP contribution is 2.34. The number of aryl methyl sites for hydroxylation is 6. The summed E-state index contributed by atoms with van der Waals surface area (Å²) >= 11 is 0. The van der Waals surface area contributed by atoms with Crippen molar-refractivity contribution in [2.24, 2.45) is 0 Å². The summed E-state index contributed by atoms with van der Waals surface area (Å²) in [7, 11) is 0. The van der Waals surface area contributed by atoms with Gasteiger partial charge in [0.05, 0.1) is 45.2 Å². The van der Waals surface area contributed by atoms with Gasteiger partial charge in [0.2, 0.25) is 0 Å². The van der Waals surface area contributed by atoms with E-state index in [-0.39, 0.29) is 33.6 Å². The zero-order valence-electron chi connectivity index (χ0n) is 37.2. The number of benzene rings is 4. The number of carbonyl (C=O) groups is 1. The SMILES string of the molecule is CCc1cc(=O)c2ccc(-c3c(C)noc3C)cc2n1-c1cc(N)c(F)cc1F.CCc1cc(=O)c2ccc(-c3c(C)noc3C)cc2n1-c1cc(NC(=O)OC(C)(C)C)c(F)cc1F. The maximum atomic E-state index is 15.3. The minimum Gasteiger partial charge on any atom is -0.444 e. The van der Waals surface area contributed by atoms with E-state index in [1.807, 2.05) is 26.8 Å². The van der Waals surface area contributed by atoms with Crippen molar-refractivity contribution in [1.29, 1.82) is 0 Å². The lowest BCUT2D eigenvalue weighted by Gasteiger charge is -2.21. The van der Waals surface area contributed by atoms with Crippen molar-refractivity contribution in [2.75, 3.05) is 11.1 Å². The predicted octanol–water partition coefficient (Wildman–Crippen LogP) is 11.1. The van der Waals surface area contributed by atoms with Gasteiger partial charge in [0.1, 0.15) is 40.4 Å². The van der Waals surface area contributed by atoms with E-state index < -0.39 is 35.0 Å². The summed E-state index contributed by atoms with van der Waals surface area (Å²) in [5.41, 5.74) is 10.6. The van der Waals surface area contributed by atoms with Crippen LogP contribution in [0.1, 0.15) is 68.9 Å². The van der Waals surface area contributed by atoms with Gasteiger partial charge in [0, 0.05) is 57.6 Å². The highest BCUT2D eigenvalue weighted by Gasteiger charge is 2.23. The van der Waals surface area contributed by atoms with Crippen molar-refractivity contribution in [3.05, 3.63) is 151 Å². The molecule has 0 atom stereocenters.